The van der Waals surface area contributed by atoms with Crippen LogP contribution in [0.5, 0.6) is 0 Å². The molecule has 0 unspecified atom stereocenters. The lowest BCUT2D eigenvalue weighted by atomic mass is 10.2. The highest BCUT2D eigenvalue weighted by molar-refractivity contribution is 5.53. The number of anilines is 2. The fraction of sp³-hybridized carbons (Fsp3) is 0.333. The molecule has 1 aromatic carbocycles. The molecule has 0 aliphatic rings. The lowest BCUT2D eigenvalue weighted by Gasteiger charge is -2.15. The summed E-state index contributed by atoms with van der Waals surface area (Å²) in [6, 6.07) is 3.61. The highest BCUT2D eigenvalue weighted by atomic mass is 19.1. The summed E-state index contributed by atoms with van der Waals surface area (Å²) in [5.74, 6) is -0.503. The van der Waals surface area contributed by atoms with Gasteiger partial charge in [0.25, 0.3) is 0 Å². The van der Waals surface area contributed by atoms with E-state index in [1.807, 2.05) is 0 Å². The molecular formula is C9H13FN2O2. The maximum atomic E-state index is 13.2. The number of rotatable bonds is 4. The molecule has 78 valence electrons. The Morgan fingerprint density at radius 3 is 2.50 bits per heavy atom. The predicted octanol–water partition coefficient (Wildman–Crippen LogP) is 0.173. The average Bonchev–Trinajstić information content (AvgIpc) is 2.17. The van der Waals surface area contributed by atoms with Crippen molar-refractivity contribution in [1.29, 1.82) is 0 Å². The topological polar surface area (TPSA) is 78.5 Å². The summed E-state index contributed by atoms with van der Waals surface area (Å²) in [4.78, 5) is 0. The smallest absolute Gasteiger partial charge is 0.148 e. The third kappa shape index (κ3) is 2.58. The Morgan fingerprint density at radius 1 is 1.36 bits per heavy atom. The molecule has 0 heterocycles. The van der Waals surface area contributed by atoms with Gasteiger partial charge in [0.1, 0.15) is 5.82 Å². The summed E-state index contributed by atoms with van der Waals surface area (Å²) < 4.78 is 13.2. The van der Waals surface area contributed by atoms with Crippen molar-refractivity contribution in [2.75, 3.05) is 24.3 Å². The van der Waals surface area contributed by atoms with Crippen LogP contribution in [0.4, 0.5) is 15.8 Å². The second-order valence-corrected chi connectivity index (χ2v) is 2.95. The van der Waals surface area contributed by atoms with Crippen molar-refractivity contribution in [1.82, 2.24) is 0 Å². The van der Waals surface area contributed by atoms with E-state index >= 15 is 0 Å². The normalized spacial score (nSPS) is 10.6. The van der Waals surface area contributed by atoms with Crippen LogP contribution < -0.4 is 11.1 Å². The summed E-state index contributed by atoms with van der Waals surface area (Å²) in [5, 5.41) is 20.2. The maximum absolute atomic E-state index is 13.2. The Morgan fingerprint density at radius 2 is 2.00 bits per heavy atom. The molecule has 0 fully saturated rings. The Labute approximate surface area is 81.2 Å². The number of hydrogen-bond acceptors (Lipinski definition) is 4. The van der Waals surface area contributed by atoms with E-state index < -0.39 is 11.9 Å². The van der Waals surface area contributed by atoms with Gasteiger partial charge in [-0.1, -0.05) is 0 Å². The standard InChI is InChI=1S/C9H13FN2O2/c10-8-3-6(11)1-2-9(8)12-7(4-13)5-14/h1-3,7,12-14H,4-5,11H2. The van der Waals surface area contributed by atoms with Gasteiger partial charge in [-0.05, 0) is 18.2 Å². The number of halogens is 1. The van der Waals surface area contributed by atoms with Crippen LogP contribution in [0.3, 0.4) is 0 Å². The first-order chi connectivity index (χ1) is 6.67. The highest BCUT2D eigenvalue weighted by Gasteiger charge is 2.08. The van der Waals surface area contributed by atoms with Crippen LogP contribution in [-0.2, 0) is 0 Å². The largest absolute Gasteiger partial charge is 0.399 e. The summed E-state index contributed by atoms with van der Waals surface area (Å²) in [5.41, 5.74) is 5.90. The van der Waals surface area contributed by atoms with Gasteiger partial charge >= 0.3 is 0 Å². The fourth-order valence-electron chi connectivity index (χ4n) is 1.02. The molecule has 0 aliphatic carbocycles. The molecule has 1 aromatic rings. The molecule has 14 heavy (non-hydrogen) atoms. The quantitative estimate of drug-likeness (QED) is 0.522. The van der Waals surface area contributed by atoms with Crippen LogP contribution in [-0.4, -0.2) is 29.5 Å². The van der Waals surface area contributed by atoms with E-state index in [0.717, 1.165) is 0 Å². The molecule has 0 saturated heterocycles. The summed E-state index contributed by atoms with van der Waals surface area (Å²) >= 11 is 0. The molecule has 0 bridgehead atoms. The van der Waals surface area contributed by atoms with Crippen LogP contribution in [0.25, 0.3) is 0 Å². The van der Waals surface area contributed by atoms with E-state index in [4.69, 9.17) is 15.9 Å². The molecule has 0 spiro atoms. The predicted molar refractivity (Wildman–Crippen MR) is 52.4 cm³/mol. The first kappa shape index (κ1) is 10.7. The van der Waals surface area contributed by atoms with Crippen molar-refractivity contribution in [3.63, 3.8) is 0 Å². The van der Waals surface area contributed by atoms with E-state index in [1.165, 1.54) is 18.2 Å². The Hall–Kier alpha value is -1.33. The Balaban J connectivity index is 2.76. The number of aliphatic hydroxyl groups is 2. The minimum Gasteiger partial charge on any atom is -0.399 e. The van der Waals surface area contributed by atoms with Gasteiger partial charge < -0.3 is 21.3 Å². The van der Waals surface area contributed by atoms with Gasteiger partial charge in [-0.3, -0.25) is 0 Å². The fourth-order valence-corrected chi connectivity index (χ4v) is 1.02. The minimum atomic E-state index is -0.562. The van der Waals surface area contributed by atoms with Crippen LogP contribution >= 0.6 is 0 Å². The van der Waals surface area contributed by atoms with Gasteiger partial charge in [0.2, 0.25) is 0 Å². The zero-order valence-electron chi connectivity index (χ0n) is 7.57. The van der Waals surface area contributed by atoms with Gasteiger partial charge in [-0.15, -0.1) is 0 Å². The average molecular weight is 200 g/mol. The number of nitrogen functional groups attached to an aromatic ring is 1. The molecule has 0 amide bonds. The van der Waals surface area contributed by atoms with Crippen molar-refractivity contribution in [2.45, 2.75) is 6.04 Å². The van der Waals surface area contributed by atoms with Gasteiger partial charge in [0.05, 0.1) is 24.9 Å². The number of aliphatic hydroxyl groups excluding tert-OH is 2. The van der Waals surface area contributed by atoms with Crippen LogP contribution in [0.2, 0.25) is 0 Å². The summed E-state index contributed by atoms with van der Waals surface area (Å²) in [7, 11) is 0. The van der Waals surface area contributed by atoms with Gasteiger partial charge in [-0.2, -0.15) is 0 Å². The molecule has 0 aromatic heterocycles. The van der Waals surface area contributed by atoms with Crippen LogP contribution in [0, 0.1) is 5.82 Å². The van der Waals surface area contributed by atoms with Crippen molar-refractivity contribution in [3.05, 3.63) is 24.0 Å². The second kappa shape index (κ2) is 4.78. The molecule has 0 radical (unpaired) electrons. The number of nitrogens with two attached hydrogens (primary N) is 1. The molecular weight excluding hydrogens is 187 g/mol. The zero-order chi connectivity index (χ0) is 10.6. The molecule has 0 atom stereocenters. The van der Waals surface area contributed by atoms with Crippen LogP contribution in [0.15, 0.2) is 18.2 Å². The van der Waals surface area contributed by atoms with Crippen molar-refractivity contribution in [2.24, 2.45) is 0 Å². The number of hydrogen-bond donors (Lipinski definition) is 4. The first-order valence-electron chi connectivity index (χ1n) is 4.20. The Bertz CT molecular complexity index is 303. The van der Waals surface area contributed by atoms with E-state index in [2.05, 4.69) is 5.32 Å². The van der Waals surface area contributed by atoms with E-state index in [1.54, 1.807) is 0 Å². The van der Waals surface area contributed by atoms with Crippen LogP contribution in [0.1, 0.15) is 0 Å². The Kier molecular flexibility index (Phi) is 3.67. The van der Waals surface area contributed by atoms with E-state index in [0.29, 0.717) is 5.69 Å². The van der Waals surface area contributed by atoms with Gasteiger partial charge in [0, 0.05) is 5.69 Å². The second-order valence-electron chi connectivity index (χ2n) is 2.95. The number of benzene rings is 1. The van der Waals surface area contributed by atoms with Gasteiger partial charge in [-0.25, -0.2) is 4.39 Å². The summed E-state index contributed by atoms with van der Waals surface area (Å²) in [6.07, 6.45) is 0. The van der Waals surface area contributed by atoms with E-state index in [-0.39, 0.29) is 18.9 Å². The minimum absolute atomic E-state index is 0.215. The molecule has 4 nitrogen and oxygen atoms in total. The maximum Gasteiger partial charge on any atom is 0.148 e. The first-order valence-corrected chi connectivity index (χ1v) is 4.20. The lowest BCUT2D eigenvalue weighted by molar-refractivity contribution is 0.203. The SMILES string of the molecule is Nc1ccc(NC(CO)CO)c(F)c1. The third-order valence-electron chi connectivity index (χ3n) is 1.79. The summed E-state index contributed by atoms with van der Waals surface area (Å²) in [6.45, 7) is -0.527. The number of nitrogens with one attached hydrogen (secondary N) is 1. The van der Waals surface area contributed by atoms with E-state index in [9.17, 15) is 4.39 Å². The highest BCUT2D eigenvalue weighted by Crippen LogP contribution is 2.17. The van der Waals surface area contributed by atoms with Crippen molar-refractivity contribution in [3.8, 4) is 0 Å². The molecule has 0 saturated carbocycles. The molecule has 5 heteroatoms. The third-order valence-corrected chi connectivity index (χ3v) is 1.79. The zero-order valence-corrected chi connectivity index (χ0v) is 7.57. The molecule has 1 rings (SSSR count). The molecule has 5 N–H and O–H groups in total. The monoisotopic (exact) mass is 200 g/mol. The van der Waals surface area contributed by atoms with Gasteiger partial charge in [0.15, 0.2) is 0 Å². The van der Waals surface area contributed by atoms with Crippen molar-refractivity contribution < 1.29 is 14.6 Å². The lowest BCUT2D eigenvalue weighted by Crippen LogP contribution is -2.28. The van der Waals surface area contributed by atoms with Crippen molar-refractivity contribution >= 4 is 11.4 Å². The molecule has 0 aliphatic heterocycles.